The molecule has 0 bridgehead atoms. The normalized spacial score (nSPS) is 16.3. The van der Waals surface area contributed by atoms with Gasteiger partial charge in [-0.25, -0.2) is 14.4 Å². The molecule has 2 aromatic carbocycles. The van der Waals surface area contributed by atoms with Crippen LogP contribution in [-0.2, 0) is 20.4 Å². The molecule has 0 amide bonds. The highest BCUT2D eigenvalue weighted by atomic mass is 32.2. The van der Waals surface area contributed by atoms with Crippen molar-refractivity contribution in [2.45, 2.75) is 36.8 Å². The number of aliphatic hydroxyl groups excluding tert-OH is 1. The molecule has 1 aliphatic rings. The van der Waals surface area contributed by atoms with Crippen molar-refractivity contribution in [3.8, 4) is 0 Å². The van der Waals surface area contributed by atoms with Crippen LogP contribution in [0.4, 0.5) is 0 Å². The summed E-state index contributed by atoms with van der Waals surface area (Å²) in [5.41, 5.74) is 2.89. The number of carbonyl (C=O) groups is 2. The molecular weight excluding hydrogens is 474 g/mol. The van der Waals surface area contributed by atoms with Crippen molar-refractivity contribution in [3.05, 3.63) is 64.6 Å². The van der Waals surface area contributed by atoms with Crippen LogP contribution in [0.1, 0.15) is 24.4 Å². The second kappa shape index (κ2) is 11.9. The molecule has 2 heterocycles. The number of para-hydroxylation sites is 2. The standard InChI is InChI=1S/C22H27N3O3S.C2H2O4/c1-16-6-8-19(9-7-16)29(28)15-18(26)14-24-12-10-17(11-13-24)25-21-5-3-2-4-20(21)23-22(25)27;3-1(4)2(5)6/h2-9,17-18,26H,10-15H2,1H3,(H,23,27);(H,3,4)(H,5,6). The molecule has 1 saturated heterocycles. The quantitative estimate of drug-likeness (QED) is 0.370. The first-order valence-corrected chi connectivity index (χ1v) is 12.5. The van der Waals surface area contributed by atoms with Crippen LogP contribution in [0.3, 0.4) is 0 Å². The molecule has 0 saturated carbocycles. The minimum Gasteiger partial charge on any atom is -0.473 e. The number of H-pyrrole nitrogens is 1. The molecule has 1 aromatic heterocycles. The number of aromatic nitrogens is 2. The second-order valence-corrected chi connectivity index (χ2v) is 9.93. The molecule has 2 unspecified atom stereocenters. The Morgan fingerprint density at radius 1 is 1.06 bits per heavy atom. The molecular formula is C24H29N3O7S. The summed E-state index contributed by atoms with van der Waals surface area (Å²) >= 11 is 0. The Kier molecular flexibility index (Phi) is 8.96. The Bertz CT molecular complexity index is 1230. The number of hydrogen-bond donors (Lipinski definition) is 4. The summed E-state index contributed by atoms with van der Waals surface area (Å²) in [7, 11) is -1.20. The highest BCUT2D eigenvalue weighted by molar-refractivity contribution is 7.85. The van der Waals surface area contributed by atoms with E-state index in [1.54, 1.807) is 0 Å². The maximum atomic E-state index is 12.5. The molecule has 0 aliphatic carbocycles. The maximum Gasteiger partial charge on any atom is 0.414 e. The van der Waals surface area contributed by atoms with Crippen LogP contribution in [0.15, 0.2) is 58.2 Å². The van der Waals surface area contributed by atoms with E-state index in [1.807, 2.05) is 60.0 Å². The number of aryl methyl sites for hydroxylation is 1. The number of nitrogens with one attached hydrogen (secondary N) is 1. The first-order chi connectivity index (χ1) is 16.7. The maximum absolute atomic E-state index is 12.5. The summed E-state index contributed by atoms with van der Waals surface area (Å²) in [6, 6.07) is 15.5. The molecule has 1 fully saturated rings. The van der Waals surface area contributed by atoms with Crippen LogP contribution in [0.25, 0.3) is 11.0 Å². The molecule has 188 valence electrons. The van der Waals surface area contributed by atoms with Crippen molar-refractivity contribution in [1.29, 1.82) is 0 Å². The number of aromatic amines is 1. The number of fused-ring (bicyclic) bond motifs is 1. The largest absolute Gasteiger partial charge is 0.473 e. The second-order valence-electron chi connectivity index (χ2n) is 8.44. The fourth-order valence-electron chi connectivity index (χ4n) is 4.11. The van der Waals surface area contributed by atoms with Gasteiger partial charge < -0.3 is 25.2 Å². The van der Waals surface area contributed by atoms with Gasteiger partial charge in [-0.1, -0.05) is 29.8 Å². The van der Waals surface area contributed by atoms with Crippen LogP contribution in [0.2, 0.25) is 0 Å². The Hall–Kier alpha value is -3.28. The predicted molar refractivity (Wildman–Crippen MR) is 131 cm³/mol. The van der Waals surface area contributed by atoms with E-state index < -0.39 is 28.8 Å². The van der Waals surface area contributed by atoms with Crippen LogP contribution >= 0.6 is 0 Å². The number of imidazole rings is 1. The third kappa shape index (κ3) is 7.10. The number of carboxylic acids is 2. The molecule has 11 heteroatoms. The van der Waals surface area contributed by atoms with Crippen molar-refractivity contribution in [3.63, 3.8) is 0 Å². The minimum absolute atomic E-state index is 0.0572. The SMILES string of the molecule is Cc1ccc(S(=O)CC(O)CN2CCC(n3c(=O)[nH]c4ccccc43)CC2)cc1.O=C(O)C(=O)O. The average molecular weight is 504 g/mol. The number of β-amino-alcohol motifs (C(OH)–C–C–N with tert-alkyl or cyclic N) is 1. The molecule has 4 N–H and O–H groups in total. The van der Waals surface area contributed by atoms with E-state index in [4.69, 9.17) is 19.8 Å². The van der Waals surface area contributed by atoms with E-state index >= 15 is 0 Å². The molecule has 1 aliphatic heterocycles. The summed E-state index contributed by atoms with van der Waals surface area (Å²) in [4.78, 5) is 36.5. The molecule has 10 nitrogen and oxygen atoms in total. The third-order valence-electron chi connectivity index (χ3n) is 5.83. The monoisotopic (exact) mass is 503 g/mol. The molecule has 4 rings (SSSR count). The van der Waals surface area contributed by atoms with E-state index in [0.29, 0.717) is 6.54 Å². The third-order valence-corrected chi connectivity index (χ3v) is 7.31. The van der Waals surface area contributed by atoms with Gasteiger partial charge in [0.15, 0.2) is 0 Å². The lowest BCUT2D eigenvalue weighted by molar-refractivity contribution is -0.159. The van der Waals surface area contributed by atoms with Crippen LogP contribution in [0.5, 0.6) is 0 Å². The zero-order valence-electron chi connectivity index (χ0n) is 19.3. The number of nitrogens with zero attached hydrogens (tertiary/aromatic N) is 2. The van der Waals surface area contributed by atoms with Crippen molar-refractivity contribution >= 4 is 33.8 Å². The number of rotatable bonds is 6. The van der Waals surface area contributed by atoms with Gasteiger partial charge in [-0.05, 0) is 44.0 Å². The minimum atomic E-state index is -1.82. The van der Waals surface area contributed by atoms with Gasteiger partial charge in [0.2, 0.25) is 0 Å². The van der Waals surface area contributed by atoms with E-state index in [0.717, 1.165) is 47.4 Å². The Labute approximate surface area is 204 Å². The molecule has 0 spiro atoms. The lowest BCUT2D eigenvalue weighted by atomic mass is 10.0. The van der Waals surface area contributed by atoms with E-state index in [2.05, 4.69) is 9.88 Å². The number of aliphatic carboxylic acids is 2. The molecule has 35 heavy (non-hydrogen) atoms. The summed E-state index contributed by atoms with van der Waals surface area (Å²) in [5.74, 6) is -3.41. The summed E-state index contributed by atoms with van der Waals surface area (Å²) in [5, 5.41) is 25.2. The number of likely N-dealkylation sites (tertiary alicyclic amines) is 1. The number of hydrogen-bond acceptors (Lipinski definition) is 6. The lowest BCUT2D eigenvalue weighted by Gasteiger charge is -2.33. The van der Waals surface area contributed by atoms with Crippen molar-refractivity contribution in [2.75, 3.05) is 25.4 Å². The van der Waals surface area contributed by atoms with Crippen molar-refractivity contribution in [1.82, 2.24) is 14.5 Å². The average Bonchev–Trinajstić information content (AvgIpc) is 3.16. The molecule has 2 atom stereocenters. The van der Waals surface area contributed by atoms with E-state index in [-0.39, 0.29) is 17.5 Å². The molecule has 0 radical (unpaired) electrons. The smallest absolute Gasteiger partial charge is 0.414 e. The Morgan fingerprint density at radius 3 is 2.26 bits per heavy atom. The van der Waals surface area contributed by atoms with Crippen LogP contribution in [-0.4, -0.2) is 77.4 Å². The number of carboxylic acid groups (broad SMARTS) is 2. The Balaban J connectivity index is 0.000000509. The van der Waals surface area contributed by atoms with E-state index in [1.165, 1.54) is 0 Å². The fourth-order valence-corrected chi connectivity index (χ4v) is 5.20. The first kappa shape index (κ1) is 26.3. The van der Waals surface area contributed by atoms with Crippen molar-refractivity contribution < 1.29 is 29.1 Å². The van der Waals surface area contributed by atoms with Gasteiger partial charge in [-0.3, -0.25) is 8.78 Å². The van der Waals surface area contributed by atoms with E-state index in [9.17, 15) is 14.1 Å². The lowest BCUT2D eigenvalue weighted by Crippen LogP contribution is -2.41. The Morgan fingerprint density at radius 2 is 1.66 bits per heavy atom. The van der Waals surface area contributed by atoms with Gasteiger partial charge in [-0.2, -0.15) is 0 Å². The zero-order valence-corrected chi connectivity index (χ0v) is 20.1. The van der Waals surface area contributed by atoms with Gasteiger partial charge in [-0.15, -0.1) is 0 Å². The van der Waals surface area contributed by atoms with Crippen LogP contribution < -0.4 is 5.69 Å². The van der Waals surface area contributed by atoms with Gasteiger partial charge >= 0.3 is 17.6 Å². The topological polar surface area (TPSA) is 153 Å². The zero-order chi connectivity index (χ0) is 25.5. The van der Waals surface area contributed by atoms with Gasteiger partial charge in [0, 0.05) is 30.6 Å². The first-order valence-electron chi connectivity index (χ1n) is 11.2. The van der Waals surface area contributed by atoms with Crippen molar-refractivity contribution in [2.24, 2.45) is 0 Å². The summed E-state index contributed by atoms with van der Waals surface area (Å²) < 4.78 is 14.3. The van der Waals surface area contributed by atoms with Gasteiger partial charge in [0.05, 0.1) is 33.7 Å². The van der Waals surface area contributed by atoms with Gasteiger partial charge in [0.25, 0.3) is 0 Å². The molecule has 3 aromatic rings. The highest BCUT2D eigenvalue weighted by Crippen LogP contribution is 2.25. The highest BCUT2D eigenvalue weighted by Gasteiger charge is 2.25. The summed E-state index contributed by atoms with van der Waals surface area (Å²) in [6.45, 7) is 4.12. The summed E-state index contributed by atoms with van der Waals surface area (Å²) in [6.07, 6.45) is 1.08. The fraction of sp³-hybridized carbons (Fsp3) is 0.375. The van der Waals surface area contributed by atoms with Crippen LogP contribution in [0, 0.1) is 6.92 Å². The number of aliphatic hydroxyl groups is 1. The van der Waals surface area contributed by atoms with Gasteiger partial charge in [0.1, 0.15) is 0 Å². The number of benzene rings is 2. The predicted octanol–water partition coefficient (Wildman–Crippen LogP) is 1.60. The number of piperidine rings is 1.